The van der Waals surface area contributed by atoms with Crippen LogP contribution in [-0.2, 0) is 25.9 Å². The van der Waals surface area contributed by atoms with Crippen LogP contribution in [0.4, 0.5) is 5.69 Å². The highest BCUT2D eigenvalue weighted by Gasteiger charge is 2.23. The first-order chi connectivity index (χ1) is 19.1. The standard InChI is InChI=1S/C34H39N5/c1-24-8-10-31-27(20-24)29-22-37(14-12-33(29)35-31)16-18-39(26-6-4-3-5-7-26)19-17-38-15-13-34-30(23-38)28-21-25(2)9-11-32(28)36-34/h3-11,20-21,35-36H,12-19,22-23H2,1-2H3. The Balaban J connectivity index is 1.03. The summed E-state index contributed by atoms with van der Waals surface area (Å²) in [5.74, 6) is 0. The fourth-order valence-corrected chi connectivity index (χ4v) is 6.68. The van der Waals surface area contributed by atoms with Crippen molar-refractivity contribution in [2.75, 3.05) is 44.2 Å². The molecule has 5 heteroatoms. The van der Waals surface area contributed by atoms with Crippen LogP contribution >= 0.6 is 0 Å². The van der Waals surface area contributed by atoms with Gasteiger partial charge in [0.25, 0.3) is 0 Å². The first kappa shape index (κ1) is 24.5. The van der Waals surface area contributed by atoms with Gasteiger partial charge in [-0.2, -0.15) is 0 Å². The third-order valence-corrected chi connectivity index (χ3v) is 8.91. The molecule has 200 valence electrons. The number of nitrogens with one attached hydrogen (secondary N) is 2. The third-order valence-electron chi connectivity index (χ3n) is 8.91. The number of para-hydroxylation sites is 1. The number of rotatable bonds is 7. The van der Waals surface area contributed by atoms with Crippen molar-refractivity contribution in [1.82, 2.24) is 19.8 Å². The maximum atomic E-state index is 3.69. The van der Waals surface area contributed by atoms with E-state index in [2.05, 4.69) is 105 Å². The van der Waals surface area contributed by atoms with Crippen LogP contribution in [0.5, 0.6) is 0 Å². The van der Waals surface area contributed by atoms with Crippen molar-refractivity contribution < 1.29 is 0 Å². The molecule has 2 aromatic heterocycles. The second kappa shape index (κ2) is 10.2. The average Bonchev–Trinajstić information content (AvgIpc) is 3.50. The predicted molar refractivity (Wildman–Crippen MR) is 163 cm³/mol. The van der Waals surface area contributed by atoms with E-state index in [1.54, 1.807) is 0 Å². The topological polar surface area (TPSA) is 41.3 Å². The molecule has 2 aliphatic heterocycles. The van der Waals surface area contributed by atoms with Crippen LogP contribution in [-0.4, -0.2) is 59.0 Å². The average molecular weight is 518 g/mol. The maximum absolute atomic E-state index is 3.69. The molecule has 0 radical (unpaired) electrons. The van der Waals surface area contributed by atoms with Gasteiger partial charge in [0.15, 0.2) is 0 Å². The van der Waals surface area contributed by atoms with Gasteiger partial charge in [-0.3, -0.25) is 9.80 Å². The molecule has 2 N–H and O–H groups in total. The van der Waals surface area contributed by atoms with Gasteiger partial charge in [-0.25, -0.2) is 0 Å². The lowest BCUT2D eigenvalue weighted by atomic mass is 10.0. The van der Waals surface area contributed by atoms with Crippen LogP contribution < -0.4 is 4.90 Å². The van der Waals surface area contributed by atoms with Crippen molar-refractivity contribution in [2.24, 2.45) is 0 Å². The van der Waals surface area contributed by atoms with Gasteiger partial charge < -0.3 is 14.9 Å². The van der Waals surface area contributed by atoms with Crippen molar-refractivity contribution in [1.29, 1.82) is 0 Å². The second-order valence-corrected chi connectivity index (χ2v) is 11.6. The monoisotopic (exact) mass is 517 g/mol. The van der Waals surface area contributed by atoms with Gasteiger partial charge in [-0.05, 0) is 61.4 Å². The molecule has 0 bridgehead atoms. The summed E-state index contributed by atoms with van der Waals surface area (Å²) >= 11 is 0. The Labute approximate surface area is 231 Å². The van der Waals surface area contributed by atoms with Crippen LogP contribution in [0.3, 0.4) is 0 Å². The fourth-order valence-electron chi connectivity index (χ4n) is 6.68. The predicted octanol–water partition coefficient (Wildman–Crippen LogP) is 6.19. The molecule has 0 saturated carbocycles. The fraction of sp³-hybridized carbons (Fsp3) is 0.353. The number of aromatic nitrogens is 2. The molecule has 0 fully saturated rings. The van der Waals surface area contributed by atoms with E-state index in [-0.39, 0.29) is 0 Å². The molecule has 7 rings (SSSR count). The summed E-state index contributed by atoms with van der Waals surface area (Å²) in [7, 11) is 0. The van der Waals surface area contributed by atoms with E-state index in [0.717, 1.165) is 65.2 Å². The lowest BCUT2D eigenvalue weighted by Crippen LogP contribution is -2.42. The minimum absolute atomic E-state index is 1.04. The number of aromatic amines is 2. The van der Waals surface area contributed by atoms with E-state index in [1.807, 2.05) is 0 Å². The number of hydrogen-bond acceptors (Lipinski definition) is 3. The Kier molecular flexibility index (Phi) is 6.42. The summed E-state index contributed by atoms with van der Waals surface area (Å²) in [6.45, 7) is 13.0. The van der Waals surface area contributed by atoms with Gasteiger partial charge >= 0.3 is 0 Å². The lowest BCUT2D eigenvalue weighted by Gasteiger charge is -2.34. The van der Waals surface area contributed by atoms with E-state index in [0.29, 0.717) is 0 Å². The number of fused-ring (bicyclic) bond motifs is 6. The molecule has 5 aromatic rings. The van der Waals surface area contributed by atoms with Crippen molar-refractivity contribution in [3.8, 4) is 0 Å². The summed E-state index contributed by atoms with van der Waals surface area (Å²) in [6.07, 6.45) is 2.21. The molecule has 0 spiro atoms. The molecular formula is C34H39N5. The van der Waals surface area contributed by atoms with Crippen molar-refractivity contribution in [3.05, 3.63) is 100 Å². The first-order valence-corrected chi connectivity index (χ1v) is 14.6. The van der Waals surface area contributed by atoms with Crippen LogP contribution in [0.15, 0.2) is 66.7 Å². The molecule has 0 aliphatic carbocycles. The zero-order valence-corrected chi connectivity index (χ0v) is 23.3. The quantitative estimate of drug-likeness (QED) is 0.271. The Hall–Kier alpha value is -3.54. The Morgan fingerprint density at radius 3 is 1.69 bits per heavy atom. The molecule has 0 amide bonds. The maximum Gasteiger partial charge on any atom is 0.0459 e. The summed E-state index contributed by atoms with van der Waals surface area (Å²) in [5, 5.41) is 2.82. The van der Waals surface area contributed by atoms with Crippen molar-refractivity contribution in [3.63, 3.8) is 0 Å². The number of H-pyrrole nitrogens is 2. The Morgan fingerprint density at radius 2 is 1.18 bits per heavy atom. The van der Waals surface area contributed by atoms with Crippen LogP contribution in [0.1, 0.15) is 33.6 Å². The van der Waals surface area contributed by atoms with Crippen LogP contribution in [0, 0.1) is 13.8 Å². The van der Waals surface area contributed by atoms with Gasteiger partial charge in [-0.15, -0.1) is 0 Å². The molecular weight excluding hydrogens is 478 g/mol. The van der Waals surface area contributed by atoms with E-state index in [9.17, 15) is 0 Å². The van der Waals surface area contributed by atoms with Crippen molar-refractivity contribution in [2.45, 2.75) is 39.8 Å². The molecule has 4 heterocycles. The molecule has 0 atom stereocenters. The summed E-state index contributed by atoms with van der Waals surface area (Å²) in [6, 6.07) is 24.6. The van der Waals surface area contributed by atoms with Gasteiger partial charge in [-0.1, -0.05) is 41.5 Å². The SMILES string of the molecule is Cc1ccc2[nH]c3c(c2c1)CN(CCN(CCN1CCc2[nH]c4ccc(C)cc4c2C1)c1ccccc1)CC3. The Bertz CT molecular complexity index is 1510. The molecule has 2 aliphatic rings. The zero-order chi connectivity index (χ0) is 26.3. The summed E-state index contributed by atoms with van der Waals surface area (Å²) in [4.78, 5) is 15.3. The molecule has 3 aromatic carbocycles. The van der Waals surface area contributed by atoms with E-state index in [1.165, 1.54) is 61.1 Å². The van der Waals surface area contributed by atoms with Gasteiger partial charge in [0, 0.05) is 104 Å². The molecule has 39 heavy (non-hydrogen) atoms. The van der Waals surface area contributed by atoms with Gasteiger partial charge in [0.05, 0.1) is 0 Å². The van der Waals surface area contributed by atoms with Gasteiger partial charge in [0.1, 0.15) is 0 Å². The number of nitrogens with zero attached hydrogens (tertiary/aromatic N) is 3. The van der Waals surface area contributed by atoms with Crippen LogP contribution in [0.2, 0.25) is 0 Å². The Morgan fingerprint density at radius 1 is 0.667 bits per heavy atom. The number of benzene rings is 3. The highest BCUT2D eigenvalue weighted by atomic mass is 15.2. The summed E-state index contributed by atoms with van der Waals surface area (Å²) in [5.41, 5.74) is 12.5. The lowest BCUT2D eigenvalue weighted by molar-refractivity contribution is 0.247. The molecule has 5 nitrogen and oxygen atoms in total. The highest BCUT2D eigenvalue weighted by molar-refractivity contribution is 5.86. The normalized spacial score (nSPS) is 16.1. The minimum atomic E-state index is 1.04. The number of anilines is 1. The minimum Gasteiger partial charge on any atom is -0.369 e. The van der Waals surface area contributed by atoms with E-state index < -0.39 is 0 Å². The smallest absolute Gasteiger partial charge is 0.0459 e. The van der Waals surface area contributed by atoms with E-state index >= 15 is 0 Å². The van der Waals surface area contributed by atoms with Crippen molar-refractivity contribution >= 4 is 27.5 Å². The number of aryl methyl sites for hydroxylation is 2. The third kappa shape index (κ3) is 4.86. The summed E-state index contributed by atoms with van der Waals surface area (Å²) < 4.78 is 0. The first-order valence-electron chi connectivity index (χ1n) is 14.6. The largest absolute Gasteiger partial charge is 0.369 e. The van der Waals surface area contributed by atoms with Gasteiger partial charge in [0.2, 0.25) is 0 Å². The molecule has 0 saturated heterocycles. The zero-order valence-electron chi connectivity index (χ0n) is 23.3. The van der Waals surface area contributed by atoms with Crippen LogP contribution in [0.25, 0.3) is 21.8 Å². The number of hydrogen-bond donors (Lipinski definition) is 2. The molecule has 0 unspecified atom stereocenters. The second-order valence-electron chi connectivity index (χ2n) is 11.6. The van der Waals surface area contributed by atoms with E-state index in [4.69, 9.17) is 0 Å². The highest BCUT2D eigenvalue weighted by Crippen LogP contribution is 2.30.